The Morgan fingerprint density at radius 1 is 1.37 bits per heavy atom. The van der Waals surface area contributed by atoms with Gasteiger partial charge in [0.15, 0.2) is 0 Å². The zero-order valence-electron chi connectivity index (χ0n) is 11.0. The predicted molar refractivity (Wildman–Crippen MR) is 73.3 cm³/mol. The van der Waals surface area contributed by atoms with Crippen molar-refractivity contribution < 1.29 is 4.79 Å². The average Bonchev–Trinajstić information content (AvgIpc) is 2.46. The van der Waals surface area contributed by atoms with Crippen LogP contribution in [0.5, 0.6) is 0 Å². The molecule has 1 aliphatic rings. The Hall–Kier alpha value is -2.02. The van der Waals surface area contributed by atoms with Crippen LogP contribution in [-0.2, 0) is 0 Å². The molecule has 1 heterocycles. The molecule has 1 fully saturated rings. The second-order valence-corrected chi connectivity index (χ2v) is 5.04. The van der Waals surface area contributed by atoms with Gasteiger partial charge < -0.3 is 10.6 Å². The summed E-state index contributed by atoms with van der Waals surface area (Å²) in [5.41, 5.74) is 6.52. The lowest BCUT2D eigenvalue weighted by molar-refractivity contribution is 0.170. The van der Waals surface area contributed by atoms with E-state index >= 15 is 0 Å². The van der Waals surface area contributed by atoms with Crippen LogP contribution < -0.4 is 5.73 Å². The molecule has 1 aliphatic heterocycles. The number of nitrogens with two attached hydrogens (primary N) is 1. The van der Waals surface area contributed by atoms with E-state index in [1.165, 1.54) is 5.56 Å². The molecule has 1 aromatic carbocycles. The number of rotatable bonds is 3. The van der Waals surface area contributed by atoms with Gasteiger partial charge in [-0.1, -0.05) is 30.3 Å². The van der Waals surface area contributed by atoms with Gasteiger partial charge in [-0.2, -0.15) is 5.26 Å². The van der Waals surface area contributed by atoms with Crippen molar-refractivity contribution in [2.24, 2.45) is 11.7 Å². The summed E-state index contributed by atoms with van der Waals surface area (Å²) in [5.74, 6) is 0.721. The van der Waals surface area contributed by atoms with E-state index in [4.69, 9.17) is 11.0 Å². The summed E-state index contributed by atoms with van der Waals surface area (Å²) in [6.07, 6.45) is 2.37. The van der Waals surface area contributed by atoms with Gasteiger partial charge in [0.05, 0.1) is 6.07 Å². The van der Waals surface area contributed by atoms with E-state index in [0.717, 1.165) is 12.8 Å². The Balaban J connectivity index is 2.06. The van der Waals surface area contributed by atoms with E-state index in [0.29, 0.717) is 25.4 Å². The fourth-order valence-corrected chi connectivity index (χ4v) is 2.88. The standard InChI is InChI=1S/C15H19N3O/c16-9-6-14(12-4-2-1-3-5-12)13-7-10-18(11-8-13)15(17)19/h1-5,13-14H,6-8,10-11H2,(H2,17,19). The highest BCUT2D eigenvalue weighted by molar-refractivity contribution is 5.72. The number of benzene rings is 1. The zero-order valence-corrected chi connectivity index (χ0v) is 11.0. The summed E-state index contributed by atoms with van der Waals surface area (Å²) < 4.78 is 0. The Kier molecular flexibility index (Phi) is 4.40. The number of amides is 2. The van der Waals surface area contributed by atoms with Crippen LogP contribution in [-0.4, -0.2) is 24.0 Å². The van der Waals surface area contributed by atoms with Gasteiger partial charge in [-0.15, -0.1) is 0 Å². The van der Waals surface area contributed by atoms with Crippen molar-refractivity contribution in [3.63, 3.8) is 0 Å². The van der Waals surface area contributed by atoms with Gasteiger partial charge in [0.1, 0.15) is 0 Å². The average molecular weight is 257 g/mol. The third-order valence-electron chi connectivity index (χ3n) is 3.96. The Morgan fingerprint density at radius 3 is 2.53 bits per heavy atom. The third kappa shape index (κ3) is 3.25. The minimum atomic E-state index is -0.338. The van der Waals surface area contributed by atoms with Crippen molar-refractivity contribution >= 4 is 6.03 Å². The molecule has 0 bridgehead atoms. The van der Waals surface area contributed by atoms with Gasteiger partial charge in [-0.3, -0.25) is 0 Å². The molecule has 4 heteroatoms. The molecule has 0 aliphatic carbocycles. The van der Waals surface area contributed by atoms with Gasteiger partial charge >= 0.3 is 6.03 Å². The second kappa shape index (κ2) is 6.24. The lowest BCUT2D eigenvalue weighted by Crippen LogP contribution is -2.42. The first-order valence-electron chi connectivity index (χ1n) is 6.68. The normalized spacial score (nSPS) is 17.7. The van der Waals surface area contributed by atoms with Crippen molar-refractivity contribution in [1.82, 2.24) is 4.90 Å². The van der Waals surface area contributed by atoms with Gasteiger partial charge in [0.2, 0.25) is 0 Å². The van der Waals surface area contributed by atoms with E-state index < -0.39 is 0 Å². The number of piperidine rings is 1. The van der Waals surface area contributed by atoms with E-state index in [9.17, 15) is 4.79 Å². The Labute approximate surface area is 113 Å². The molecular weight excluding hydrogens is 238 g/mol. The molecule has 1 atom stereocenters. The smallest absolute Gasteiger partial charge is 0.314 e. The molecule has 2 N–H and O–H groups in total. The quantitative estimate of drug-likeness (QED) is 0.903. The lowest BCUT2D eigenvalue weighted by atomic mass is 9.78. The molecule has 4 nitrogen and oxygen atoms in total. The van der Waals surface area contributed by atoms with E-state index in [-0.39, 0.29) is 11.9 Å². The van der Waals surface area contributed by atoms with Gasteiger partial charge in [0.25, 0.3) is 0 Å². The summed E-state index contributed by atoms with van der Waals surface area (Å²) in [6.45, 7) is 1.41. The summed E-state index contributed by atoms with van der Waals surface area (Å²) in [5, 5.41) is 9.03. The fraction of sp³-hybridized carbons (Fsp3) is 0.467. The molecule has 2 rings (SSSR count). The minimum absolute atomic E-state index is 0.265. The maximum Gasteiger partial charge on any atom is 0.314 e. The largest absolute Gasteiger partial charge is 0.351 e. The van der Waals surface area contributed by atoms with Crippen LogP contribution in [0.3, 0.4) is 0 Å². The predicted octanol–water partition coefficient (Wildman–Crippen LogP) is 2.47. The fourth-order valence-electron chi connectivity index (χ4n) is 2.88. The lowest BCUT2D eigenvalue weighted by Gasteiger charge is -2.34. The molecule has 0 spiro atoms. The number of urea groups is 1. The van der Waals surface area contributed by atoms with Crippen molar-refractivity contribution in [1.29, 1.82) is 5.26 Å². The number of carbonyl (C=O) groups is 1. The van der Waals surface area contributed by atoms with Crippen LogP contribution in [0.1, 0.15) is 30.7 Å². The van der Waals surface area contributed by atoms with Crippen molar-refractivity contribution in [3.8, 4) is 6.07 Å². The third-order valence-corrected chi connectivity index (χ3v) is 3.96. The highest BCUT2D eigenvalue weighted by Gasteiger charge is 2.28. The first-order valence-corrected chi connectivity index (χ1v) is 6.68. The molecule has 1 saturated heterocycles. The molecule has 100 valence electrons. The molecule has 1 unspecified atom stereocenters. The number of likely N-dealkylation sites (tertiary alicyclic amines) is 1. The molecule has 19 heavy (non-hydrogen) atoms. The molecule has 1 aromatic rings. The van der Waals surface area contributed by atoms with Gasteiger partial charge in [0, 0.05) is 19.5 Å². The molecular formula is C15H19N3O. The second-order valence-electron chi connectivity index (χ2n) is 5.04. The van der Waals surface area contributed by atoms with E-state index in [2.05, 4.69) is 18.2 Å². The first-order chi connectivity index (χ1) is 9.22. The van der Waals surface area contributed by atoms with Crippen molar-refractivity contribution in [2.45, 2.75) is 25.2 Å². The Morgan fingerprint density at radius 2 is 2.00 bits per heavy atom. The monoisotopic (exact) mass is 257 g/mol. The highest BCUT2D eigenvalue weighted by atomic mass is 16.2. The number of nitriles is 1. The SMILES string of the molecule is N#CCC(c1ccccc1)C1CCN(C(N)=O)CC1. The van der Waals surface area contributed by atoms with Crippen molar-refractivity contribution in [2.75, 3.05) is 13.1 Å². The molecule has 0 radical (unpaired) electrons. The summed E-state index contributed by atoms with van der Waals surface area (Å²) in [6, 6.07) is 12.1. The van der Waals surface area contributed by atoms with Crippen LogP contribution in [0.4, 0.5) is 4.79 Å². The molecule has 2 amide bonds. The maximum atomic E-state index is 11.1. The van der Waals surface area contributed by atoms with Crippen molar-refractivity contribution in [3.05, 3.63) is 35.9 Å². The maximum absolute atomic E-state index is 11.1. The van der Waals surface area contributed by atoms with Crippen LogP contribution in [0.15, 0.2) is 30.3 Å². The van der Waals surface area contributed by atoms with Crippen LogP contribution in [0.2, 0.25) is 0 Å². The molecule has 0 aromatic heterocycles. The summed E-state index contributed by atoms with van der Waals surface area (Å²) in [7, 11) is 0. The van der Waals surface area contributed by atoms with Crippen LogP contribution in [0, 0.1) is 17.2 Å². The van der Waals surface area contributed by atoms with Crippen LogP contribution >= 0.6 is 0 Å². The first kappa shape index (κ1) is 13.4. The minimum Gasteiger partial charge on any atom is -0.351 e. The van der Waals surface area contributed by atoms with Gasteiger partial charge in [-0.25, -0.2) is 4.79 Å². The van der Waals surface area contributed by atoms with Crippen LogP contribution in [0.25, 0.3) is 0 Å². The number of primary amides is 1. The number of nitrogens with zero attached hydrogens (tertiary/aromatic N) is 2. The summed E-state index contributed by atoms with van der Waals surface area (Å²) in [4.78, 5) is 12.8. The summed E-state index contributed by atoms with van der Waals surface area (Å²) >= 11 is 0. The zero-order chi connectivity index (χ0) is 13.7. The Bertz CT molecular complexity index is 458. The topological polar surface area (TPSA) is 70.1 Å². The molecule has 0 saturated carbocycles. The van der Waals surface area contributed by atoms with E-state index in [1.807, 2.05) is 18.2 Å². The number of hydrogen-bond donors (Lipinski definition) is 1. The number of carbonyl (C=O) groups excluding carboxylic acids is 1. The number of hydrogen-bond acceptors (Lipinski definition) is 2. The van der Waals surface area contributed by atoms with E-state index in [1.54, 1.807) is 4.90 Å². The highest BCUT2D eigenvalue weighted by Crippen LogP contribution is 2.34. The van der Waals surface area contributed by atoms with Gasteiger partial charge in [-0.05, 0) is 30.2 Å².